The number of hydrogen-bond acceptors (Lipinski definition) is 5. The van der Waals surface area contributed by atoms with Gasteiger partial charge in [-0.05, 0) is 47.5 Å². The topological polar surface area (TPSA) is 71.6 Å². The molecule has 4 aromatic rings. The van der Waals surface area contributed by atoms with Crippen LogP contribution in [0.15, 0.2) is 82.8 Å². The number of fused-ring (bicyclic) bond motifs is 1. The monoisotopic (exact) mass is 402 g/mol. The van der Waals surface area contributed by atoms with Gasteiger partial charge >= 0.3 is 5.91 Å². The van der Waals surface area contributed by atoms with Crippen LogP contribution in [0.4, 0.5) is 0 Å². The SMILES string of the molecule is O=C(c1ccco1)N1N=C(c2ccc(Cl)cc2)CC1c1ccc2nccnc2c1. The largest absolute Gasteiger partial charge is 0.459 e. The summed E-state index contributed by atoms with van der Waals surface area (Å²) in [4.78, 5) is 21.8. The summed E-state index contributed by atoms with van der Waals surface area (Å²) in [6, 6.07) is 16.3. The highest BCUT2D eigenvalue weighted by Gasteiger charge is 2.34. The maximum Gasteiger partial charge on any atom is 0.310 e. The Bertz CT molecular complexity index is 1220. The third kappa shape index (κ3) is 3.28. The first-order chi connectivity index (χ1) is 14.2. The standard InChI is InChI=1S/C22H15ClN4O2/c23-16-6-3-14(4-7-16)18-13-20(27(26-18)22(28)21-2-1-11-29-21)15-5-8-17-19(12-15)25-10-9-24-17/h1-12,20H,13H2. The van der Waals surface area contributed by atoms with Crippen molar-refractivity contribution in [3.8, 4) is 0 Å². The summed E-state index contributed by atoms with van der Waals surface area (Å²) in [6.07, 6.45) is 5.36. The molecular formula is C22H15ClN4O2. The molecule has 7 heteroatoms. The summed E-state index contributed by atoms with van der Waals surface area (Å²) < 4.78 is 5.32. The Morgan fingerprint density at radius 3 is 2.59 bits per heavy atom. The molecule has 1 atom stereocenters. The lowest BCUT2D eigenvalue weighted by molar-refractivity contribution is 0.0678. The molecule has 5 rings (SSSR count). The number of hydrazone groups is 1. The molecule has 0 radical (unpaired) electrons. The van der Waals surface area contributed by atoms with Gasteiger partial charge in [-0.1, -0.05) is 29.8 Å². The summed E-state index contributed by atoms with van der Waals surface area (Å²) in [5, 5.41) is 6.78. The Morgan fingerprint density at radius 1 is 1.03 bits per heavy atom. The van der Waals surface area contributed by atoms with Crippen molar-refractivity contribution in [1.82, 2.24) is 15.0 Å². The predicted molar refractivity (Wildman–Crippen MR) is 110 cm³/mol. The van der Waals surface area contributed by atoms with E-state index in [1.165, 1.54) is 11.3 Å². The van der Waals surface area contributed by atoms with Crippen LogP contribution in [0.3, 0.4) is 0 Å². The van der Waals surface area contributed by atoms with Crippen LogP contribution in [0.5, 0.6) is 0 Å². The van der Waals surface area contributed by atoms with Crippen LogP contribution in [0.1, 0.15) is 34.1 Å². The Morgan fingerprint density at radius 2 is 1.83 bits per heavy atom. The van der Waals surface area contributed by atoms with Crippen molar-refractivity contribution in [1.29, 1.82) is 0 Å². The second-order valence-electron chi connectivity index (χ2n) is 6.71. The van der Waals surface area contributed by atoms with Crippen LogP contribution >= 0.6 is 11.6 Å². The average Bonchev–Trinajstić information content (AvgIpc) is 3.44. The molecule has 2 aromatic heterocycles. The lowest BCUT2D eigenvalue weighted by atomic mass is 9.98. The smallest absolute Gasteiger partial charge is 0.310 e. The van der Waals surface area contributed by atoms with Crippen LogP contribution in [0, 0.1) is 0 Å². The third-order valence-electron chi connectivity index (χ3n) is 4.91. The number of aromatic nitrogens is 2. The highest BCUT2D eigenvalue weighted by atomic mass is 35.5. The predicted octanol–water partition coefficient (Wildman–Crippen LogP) is 4.87. The summed E-state index contributed by atoms with van der Waals surface area (Å²) in [7, 11) is 0. The minimum absolute atomic E-state index is 0.247. The van der Waals surface area contributed by atoms with Crippen LogP contribution in [0.25, 0.3) is 11.0 Å². The molecular weight excluding hydrogens is 388 g/mol. The Kier molecular flexibility index (Phi) is 4.33. The number of amides is 1. The molecule has 1 aliphatic rings. The number of furan rings is 1. The molecule has 0 saturated carbocycles. The normalized spacial score (nSPS) is 16.2. The highest BCUT2D eigenvalue weighted by molar-refractivity contribution is 6.30. The molecule has 1 amide bonds. The molecule has 0 bridgehead atoms. The maximum absolute atomic E-state index is 13.1. The van der Waals surface area contributed by atoms with Gasteiger partial charge in [0.25, 0.3) is 0 Å². The minimum Gasteiger partial charge on any atom is -0.459 e. The van der Waals surface area contributed by atoms with Gasteiger partial charge in [0.1, 0.15) is 0 Å². The molecule has 1 aliphatic heterocycles. The molecule has 3 heterocycles. The average molecular weight is 403 g/mol. The summed E-state index contributed by atoms with van der Waals surface area (Å²) in [5.74, 6) is -0.0418. The minimum atomic E-state index is -0.289. The van der Waals surface area contributed by atoms with Crippen LogP contribution in [0.2, 0.25) is 5.02 Å². The van der Waals surface area contributed by atoms with E-state index >= 15 is 0 Å². The fourth-order valence-electron chi connectivity index (χ4n) is 3.47. The number of halogens is 1. The molecule has 1 unspecified atom stereocenters. The third-order valence-corrected chi connectivity index (χ3v) is 5.16. The molecule has 0 aliphatic carbocycles. The summed E-state index contributed by atoms with van der Waals surface area (Å²) in [6.45, 7) is 0. The number of carbonyl (C=O) groups is 1. The van der Waals surface area contributed by atoms with Crippen molar-refractivity contribution in [2.45, 2.75) is 12.5 Å². The number of hydrogen-bond donors (Lipinski definition) is 0. The zero-order valence-corrected chi connectivity index (χ0v) is 16.0. The quantitative estimate of drug-likeness (QED) is 0.490. The number of rotatable bonds is 3. The van der Waals surface area contributed by atoms with E-state index in [4.69, 9.17) is 16.0 Å². The van der Waals surface area contributed by atoms with Gasteiger partial charge in [-0.3, -0.25) is 14.8 Å². The van der Waals surface area contributed by atoms with Crippen molar-refractivity contribution >= 4 is 34.3 Å². The Labute approximate surface area is 171 Å². The fourth-order valence-corrected chi connectivity index (χ4v) is 3.60. The van der Waals surface area contributed by atoms with E-state index in [1.807, 2.05) is 42.5 Å². The summed E-state index contributed by atoms with van der Waals surface area (Å²) in [5.41, 5.74) is 4.25. The van der Waals surface area contributed by atoms with E-state index < -0.39 is 0 Å². The first-order valence-electron chi connectivity index (χ1n) is 9.10. The van der Waals surface area contributed by atoms with Gasteiger partial charge in [0, 0.05) is 23.8 Å². The number of nitrogens with zero attached hydrogens (tertiary/aromatic N) is 4. The van der Waals surface area contributed by atoms with E-state index in [-0.39, 0.29) is 17.7 Å². The van der Waals surface area contributed by atoms with Crippen LogP contribution in [-0.2, 0) is 0 Å². The van der Waals surface area contributed by atoms with Gasteiger partial charge in [0.2, 0.25) is 0 Å². The molecule has 0 spiro atoms. The zero-order chi connectivity index (χ0) is 19.8. The van der Waals surface area contributed by atoms with Crippen LogP contribution < -0.4 is 0 Å². The second-order valence-corrected chi connectivity index (χ2v) is 7.14. The van der Waals surface area contributed by atoms with Gasteiger partial charge in [-0.25, -0.2) is 5.01 Å². The van der Waals surface area contributed by atoms with E-state index in [9.17, 15) is 4.79 Å². The molecule has 29 heavy (non-hydrogen) atoms. The molecule has 2 aromatic carbocycles. The Balaban J connectivity index is 1.56. The van der Waals surface area contributed by atoms with Gasteiger partial charge in [0.15, 0.2) is 5.76 Å². The number of benzene rings is 2. The molecule has 0 saturated heterocycles. The van der Waals surface area contributed by atoms with Crippen molar-refractivity contribution < 1.29 is 9.21 Å². The first-order valence-corrected chi connectivity index (χ1v) is 9.48. The van der Waals surface area contributed by atoms with Crippen molar-refractivity contribution in [3.63, 3.8) is 0 Å². The Hall–Kier alpha value is -3.51. The fraction of sp³-hybridized carbons (Fsp3) is 0.0909. The van der Waals surface area contributed by atoms with E-state index in [0.29, 0.717) is 11.4 Å². The van der Waals surface area contributed by atoms with E-state index in [0.717, 1.165) is 27.9 Å². The van der Waals surface area contributed by atoms with Crippen LogP contribution in [-0.4, -0.2) is 26.6 Å². The molecule has 0 fully saturated rings. The van der Waals surface area contributed by atoms with E-state index in [1.54, 1.807) is 24.5 Å². The highest BCUT2D eigenvalue weighted by Crippen LogP contribution is 2.35. The number of carbonyl (C=O) groups excluding carboxylic acids is 1. The summed E-state index contributed by atoms with van der Waals surface area (Å²) >= 11 is 6.02. The molecule has 142 valence electrons. The zero-order valence-electron chi connectivity index (χ0n) is 15.2. The lowest BCUT2D eigenvalue weighted by Crippen LogP contribution is -2.26. The van der Waals surface area contributed by atoms with Crippen molar-refractivity contribution in [2.75, 3.05) is 0 Å². The van der Waals surface area contributed by atoms with Gasteiger partial charge in [-0.15, -0.1) is 0 Å². The first kappa shape index (κ1) is 17.6. The second kappa shape index (κ2) is 7.14. The van der Waals surface area contributed by atoms with Crippen molar-refractivity contribution in [2.24, 2.45) is 5.10 Å². The van der Waals surface area contributed by atoms with E-state index in [2.05, 4.69) is 15.1 Å². The van der Waals surface area contributed by atoms with Gasteiger partial charge < -0.3 is 4.42 Å². The van der Waals surface area contributed by atoms with Gasteiger partial charge in [0.05, 0.1) is 29.1 Å². The maximum atomic E-state index is 13.1. The van der Waals surface area contributed by atoms with Gasteiger partial charge in [-0.2, -0.15) is 5.10 Å². The lowest BCUT2D eigenvalue weighted by Gasteiger charge is -2.21. The molecule has 0 N–H and O–H groups in total. The van der Waals surface area contributed by atoms with Crippen molar-refractivity contribution in [3.05, 3.63) is 95.2 Å². The molecule has 6 nitrogen and oxygen atoms in total.